The van der Waals surface area contributed by atoms with E-state index in [1.54, 1.807) is 31.2 Å². The van der Waals surface area contributed by atoms with E-state index in [0.717, 1.165) is 0 Å². The van der Waals surface area contributed by atoms with Crippen molar-refractivity contribution in [1.82, 2.24) is 4.90 Å². The second-order valence-corrected chi connectivity index (χ2v) is 5.23. The minimum Gasteiger partial charge on any atom is -0.489 e. The van der Waals surface area contributed by atoms with Crippen molar-refractivity contribution in [2.75, 3.05) is 20.2 Å². The van der Waals surface area contributed by atoms with Gasteiger partial charge in [-0.25, -0.2) is 4.39 Å². The van der Waals surface area contributed by atoms with E-state index in [9.17, 15) is 19.3 Å². The summed E-state index contributed by atoms with van der Waals surface area (Å²) in [5, 5.41) is 11.2. The zero-order valence-corrected chi connectivity index (χ0v) is 13.4. The van der Waals surface area contributed by atoms with E-state index in [2.05, 4.69) is 0 Å². The standard InChI is InChI=1S/C17H17FN2O4/c1-12-6-5-7-13(16(12)20(22)23)17(21)19(2)10-11-24-15-9-4-3-8-14(15)18/h3-9H,10-11H2,1-2H3. The van der Waals surface area contributed by atoms with Gasteiger partial charge in [-0.3, -0.25) is 14.9 Å². The van der Waals surface area contributed by atoms with Gasteiger partial charge in [0.25, 0.3) is 11.6 Å². The minimum atomic E-state index is -0.563. The predicted molar refractivity (Wildman–Crippen MR) is 86.7 cm³/mol. The molecule has 0 unspecified atom stereocenters. The van der Waals surface area contributed by atoms with Crippen LogP contribution in [-0.4, -0.2) is 35.9 Å². The fraction of sp³-hybridized carbons (Fsp3) is 0.235. The number of likely N-dealkylation sites (N-methyl/N-ethyl adjacent to an activating group) is 1. The molecule has 24 heavy (non-hydrogen) atoms. The lowest BCUT2D eigenvalue weighted by atomic mass is 10.1. The number of carbonyl (C=O) groups excluding carboxylic acids is 1. The van der Waals surface area contributed by atoms with E-state index in [-0.39, 0.29) is 30.2 Å². The highest BCUT2D eigenvalue weighted by molar-refractivity contribution is 5.98. The van der Waals surface area contributed by atoms with Crippen LogP contribution in [-0.2, 0) is 0 Å². The van der Waals surface area contributed by atoms with Gasteiger partial charge in [-0.05, 0) is 25.1 Å². The number of aryl methyl sites for hydroxylation is 1. The summed E-state index contributed by atoms with van der Waals surface area (Å²) in [4.78, 5) is 24.3. The second kappa shape index (κ2) is 7.54. The summed E-state index contributed by atoms with van der Waals surface area (Å²) >= 11 is 0. The highest BCUT2D eigenvalue weighted by Crippen LogP contribution is 2.24. The van der Waals surface area contributed by atoms with Crippen molar-refractivity contribution in [3.8, 4) is 5.75 Å². The molecule has 2 aromatic rings. The van der Waals surface area contributed by atoms with E-state index in [1.165, 1.54) is 30.1 Å². The van der Waals surface area contributed by atoms with Crippen LogP contribution in [0.15, 0.2) is 42.5 Å². The second-order valence-electron chi connectivity index (χ2n) is 5.23. The minimum absolute atomic E-state index is 0.0217. The highest BCUT2D eigenvalue weighted by Gasteiger charge is 2.24. The number of nitro groups is 1. The van der Waals surface area contributed by atoms with Crippen LogP contribution in [0.1, 0.15) is 15.9 Å². The van der Waals surface area contributed by atoms with Gasteiger partial charge in [-0.2, -0.15) is 0 Å². The lowest BCUT2D eigenvalue weighted by Gasteiger charge is -2.18. The number of benzene rings is 2. The molecule has 0 N–H and O–H groups in total. The monoisotopic (exact) mass is 332 g/mol. The van der Waals surface area contributed by atoms with Crippen LogP contribution in [0.2, 0.25) is 0 Å². The summed E-state index contributed by atoms with van der Waals surface area (Å²) in [7, 11) is 1.51. The summed E-state index contributed by atoms with van der Waals surface area (Å²) in [5.74, 6) is -0.872. The van der Waals surface area contributed by atoms with Gasteiger partial charge in [0, 0.05) is 12.6 Å². The number of nitro benzene ring substituents is 1. The molecule has 0 aliphatic heterocycles. The van der Waals surface area contributed by atoms with Crippen LogP contribution in [0.4, 0.5) is 10.1 Å². The topological polar surface area (TPSA) is 72.7 Å². The number of hydrogen-bond acceptors (Lipinski definition) is 4. The molecule has 6 nitrogen and oxygen atoms in total. The Labute approximate surface area is 138 Å². The van der Waals surface area contributed by atoms with Crippen molar-refractivity contribution in [3.63, 3.8) is 0 Å². The van der Waals surface area contributed by atoms with Crippen molar-refractivity contribution in [2.24, 2.45) is 0 Å². The van der Waals surface area contributed by atoms with Crippen molar-refractivity contribution in [1.29, 1.82) is 0 Å². The van der Waals surface area contributed by atoms with Gasteiger partial charge in [0.15, 0.2) is 11.6 Å². The molecule has 0 aliphatic carbocycles. The third-order valence-corrected chi connectivity index (χ3v) is 3.52. The van der Waals surface area contributed by atoms with Crippen molar-refractivity contribution >= 4 is 11.6 Å². The number of amides is 1. The van der Waals surface area contributed by atoms with Gasteiger partial charge in [-0.1, -0.05) is 24.3 Å². The smallest absolute Gasteiger partial charge is 0.285 e. The Morgan fingerprint density at radius 1 is 1.25 bits per heavy atom. The van der Waals surface area contributed by atoms with Gasteiger partial charge in [0.2, 0.25) is 0 Å². The van der Waals surface area contributed by atoms with Crippen LogP contribution in [0.5, 0.6) is 5.75 Å². The number of halogens is 1. The van der Waals surface area contributed by atoms with E-state index in [0.29, 0.717) is 5.56 Å². The summed E-state index contributed by atoms with van der Waals surface area (Å²) in [6.07, 6.45) is 0. The van der Waals surface area contributed by atoms with E-state index in [4.69, 9.17) is 4.74 Å². The molecule has 0 saturated carbocycles. The molecule has 0 heterocycles. The van der Waals surface area contributed by atoms with Crippen LogP contribution >= 0.6 is 0 Å². The SMILES string of the molecule is Cc1cccc(C(=O)N(C)CCOc2ccccc2F)c1[N+](=O)[O-]. The molecule has 7 heteroatoms. The molecule has 0 spiro atoms. The zero-order valence-electron chi connectivity index (χ0n) is 13.4. The summed E-state index contributed by atoms with van der Waals surface area (Å²) in [5.41, 5.74) is 0.236. The average molecular weight is 332 g/mol. The number of hydrogen-bond donors (Lipinski definition) is 0. The Hall–Kier alpha value is -2.96. The molecule has 2 rings (SSSR count). The first-order chi connectivity index (χ1) is 11.4. The molecule has 0 fully saturated rings. The molecule has 0 saturated heterocycles. The van der Waals surface area contributed by atoms with Crippen LogP contribution in [0.25, 0.3) is 0 Å². The Balaban J connectivity index is 2.04. The van der Waals surface area contributed by atoms with E-state index in [1.807, 2.05) is 0 Å². The fourth-order valence-corrected chi connectivity index (χ4v) is 2.24. The summed E-state index contributed by atoms with van der Waals surface area (Å²) in [6.45, 7) is 1.82. The van der Waals surface area contributed by atoms with Gasteiger partial charge in [0.05, 0.1) is 11.5 Å². The van der Waals surface area contributed by atoms with Crippen LogP contribution < -0.4 is 4.74 Å². The molecule has 0 atom stereocenters. The third-order valence-electron chi connectivity index (χ3n) is 3.52. The van der Waals surface area contributed by atoms with Crippen molar-refractivity contribution in [3.05, 3.63) is 69.5 Å². The molecule has 126 valence electrons. The maximum absolute atomic E-state index is 13.4. The number of carbonyl (C=O) groups is 1. The van der Waals surface area contributed by atoms with Gasteiger partial charge in [0.1, 0.15) is 12.2 Å². The van der Waals surface area contributed by atoms with E-state index < -0.39 is 16.6 Å². The van der Waals surface area contributed by atoms with E-state index >= 15 is 0 Å². The number of rotatable bonds is 6. The largest absolute Gasteiger partial charge is 0.489 e. The first-order valence-corrected chi connectivity index (χ1v) is 7.28. The quantitative estimate of drug-likeness (QED) is 0.601. The number of nitrogens with zero attached hydrogens (tertiary/aromatic N) is 2. The molecular weight excluding hydrogens is 315 g/mol. The zero-order chi connectivity index (χ0) is 17.7. The Bertz CT molecular complexity index is 764. The lowest BCUT2D eigenvalue weighted by Crippen LogP contribution is -2.31. The third kappa shape index (κ3) is 3.87. The van der Waals surface area contributed by atoms with Crippen LogP contribution in [0.3, 0.4) is 0 Å². The normalized spacial score (nSPS) is 10.3. The Morgan fingerprint density at radius 3 is 2.62 bits per heavy atom. The van der Waals surface area contributed by atoms with Crippen molar-refractivity contribution in [2.45, 2.75) is 6.92 Å². The summed E-state index contributed by atoms with van der Waals surface area (Å²) in [6, 6.07) is 10.6. The molecule has 0 radical (unpaired) electrons. The Kier molecular flexibility index (Phi) is 5.47. The lowest BCUT2D eigenvalue weighted by molar-refractivity contribution is -0.385. The van der Waals surface area contributed by atoms with Crippen molar-refractivity contribution < 1.29 is 18.8 Å². The molecule has 0 aliphatic rings. The average Bonchev–Trinajstić information content (AvgIpc) is 2.55. The van der Waals surface area contributed by atoms with Gasteiger partial charge in [-0.15, -0.1) is 0 Å². The fourth-order valence-electron chi connectivity index (χ4n) is 2.24. The maximum Gasteiger partial charge on any atom is 0.285 e. The molecule has 0 aromatic heterocycles. The number of para-hydroxylation sites is 2. The molecule has 0 bridgehead atoms. The summed E-state index contributed by atoms with van der Waals surface area (Å²) < 4.78 is 18.7. The molecule has 1 amide bonds. The molecular formula is C17H17FN2O4. The number of ether oxygens (including phenoxy) is 1. The first-order valence-electron chi connectivity index (χ1n) is 7.28. The maximum atomic E-state index is 13.4. The molecule has 2 aromatic carbocycles. The van der Waals surface area contributed by atoms with Gasteiger partial charge < -0.3 is 9.64 Å². The van der Waals surface area contributed by atoms with Crippen LogP contribution in [0, 0.1) is 22.9 Å². The van der Waals surface area contributed by atoms with Gasteiger partial charge >= 0.3 is 0 Å². The predicted octanol–water partition coefficient (Wildman–Crippen LogP) is 3.19. The Morgan fingerprint density at radius 2 is 1.96 bits per heavy atom. The first kappa shape index (κ1) is 17.4. The highest BCUT2D eigenvalue weighted by atomic mass is 19.1.